The third kappa shape index (κ3) is 4.41. The van der Waals surface area contributed by atoms with Crippen molar-refractivity contribution in [1.82, 2.24) is 4.98 Å². The van der Waals surface area contributed by atoms with Gasteiger partial charge < -0.3 is 24.1 Å². The first-order valence-electron chi connectivity index (χ1n) is 13.4. The average Bonchev–Trinajstić information content (AvgIpc) is 3.19. The molecule has 7 atom stereocenters. The van der Waals surface area contributed by atoms with Crippen molar-refractivity contribution in [2.75, 3.05) is 6.61 Å². The highest BCUT2D eigenvalue weighted by Crippen LogP contribution is 2.67. The van der Waals surface area contributed by atoms with Crippen molar-refractivity contribution >= 4 is 17.9 Å². The van der Waals surface area contributed by atoms with Gasteiger partial charge in [-0.3, -0.25) is 9.78 Å². The Hall–Kier alpha value is -3.30. The number of esters is 3. The predicted octanol–water partition coefficient (Wildman–Crippen LogP) is 3.74. The maximum atomic E-state index is 13.4. The molecule has 9 heteroatoms. The summed E-state index contributed by atoms with van der Waals surface area (Å²) in [6, 6.07) is 11.7. The standard InChI is InChI=1S/C30H35NO8/c1-18-12-13-23(37-19(2)32)29(17-36-26(34)21-11-8-14-31-16-21)25(38-27(35)20-9-6-5-7-10-20)24(33)22-15-30(18,29)39-28(22,3)4/h5-11,14,16,18,22-25,33H,12-13,15,17H2,1-4H3/t18-,22+,23+,24+,25-,29?,30+/m1/s1. The van der Waals surface area contributed by atoms with Crippen molar-refractivity contribution in [2.24, 2.45) is 17.3 Å². The number of pyridine rings is 1. The van der Waals surface area contributed by atoms with Crippen LogP contribution in [0.4, 0.5) is 0 Å². The molecule has 1 aliphatic heterocycles. The Kier molecular flexibility index (Phi) is 7.01. The van der Waals surface area contributed by atoms with Gasteiger partial charge >= 0.3 is 17.9 Å². The molecule has 2 saturated carbocycles. The maximum absolute atomic E-state index is 13.4. The molecule has 0 amide bonds. The Morgan fingerprint density at radius 3 is 2.41 bits per heavy atom. The molecule has 1 saturated heterocycles. The van der Waals surface area contributed by atoms with E-state index >= 15 is 0 Å². The van der Waals surface area contributed by atoms with Crippen molar-refractivity contribution in [1.29, 1.82) is 0 Å². The Balaban J connectivity index is 1.64. The van der Waals surface area contributed by atoms with E-state index in [9.17, 15) is 19.5 Å². The van der Waals surface area contributed by atoms with Crippen molar-refractivity contribution in [2.45, 2.75) is 76.5 Å². The van der Waals surface area contributed by atoms with Gasteiger partial charge in [-0.15, -0.1) is 0 Å². The van der Waals surface area contributed by atoms with Crippen molar-refractivity contribution in [3.63, 3.8) is 0 Å². The largest absolute Gasteiger partial charge is 0.462 e. The molecule has 3 fully saturated rings. The Labute approximate surface area is 227 Å². The molecule has 1 aromatic carbocycles. The highest BCUT2D eigenvalue weighted by molar-refractivity contribution is 5.90. The van der Waals surface area contributed by atoms with Gasteiger partial charge in [0.05, 0.1) is 28.4 Å². The van der Waals surface area contributed by atoms with Gasteiger partial charge in [0.15, 0.2) is 0 Å². The first-order chi connectivity index (χ1) is 18.5. The van der Waals surface area contributed by atoms with Gasteiger partial charge in [0.1, 0.15) is 24.2 Å². The van der Waals surface area contributed by atoms with Crippen LogP contribution in [0.25, 0.3) is 0 Å². The van der Waals surface area contributed by atoms with E-state index < -0.39 is 52.8 Å². The lowest BCUT2D eigenvalue weighted by Gasteiger charge is -2.61. The molecule has 2 aromatic rings. The number of benzene rings is 1. The van der Waals surface area contributed by atoms with Gasteiger partial charge in [-0.05, 0) is 63.3 Å². The first-order valence-corrected chi connectivity index (χ1v) is 13.4. The van der Waals surface area contributed by atoms with Crippen molar-refractivity contribution < 1.29 is 38.4 Å². The number of hydrogen-bond donors (Lipinski definition) is 1. The number of hydrogen-bond acceptors (Lipinski definition) is 9. The topological polar surface area (TPSA) is 121 Å². The van der Waals surface area contributed by atoms with Crippen LogP contribution in [0, 0.1) is 17.3 Å². The number of carbonyl (C=O) groups is 3. The van der Waals surface area contributed by atoms with Crippen LogP contribution in [0.3, 0.4) is 0 Å². The second-order valence-electron chi connectivity index (χ2n) is 11.5. The summed E-state index contributed by atoms with van der Waals surface area (Å²) in [5.74, 6) is -2.23. The van der Waals surface area contributed by atoms with Crippen LogP contribution in [0.5, 0.6) is 0 Å². The second kappa shape index (κ2) is 10.0. The van der Waals surface area contributed by atoms with Crippen LogP contribution in [-0.4, -0.2) is 64.1 Å². The minimum absolute atomic E-state index is 0.0731. The smallest absolute Gasteiger partial charge is 0.339 e. The molecule has 2 aliphatic carbocycles. The third-order valence-electron chi connectivity index (χ3n) is 9.00. The van der Waals surface area contributed by atoms with Crippen LogP contribution in [-0.2, 0) is 23.7 Å². The van der Waals surface area contributed by atoms with E-state index in [0.717, 1.165) is 0 Å². The number of aliphatic hydroxyl groups is 1. The zero-order valence-electron chi connectivity index (χ0n) is 22.7. The molecular formula is C30H35NO8. The van der Waals surface area contributed by atoms with E-state index in [2.05, 4.69) is 4.98 Å². The van der Waals surface area contributed by atoms with Crippen LogP contribution in [0.15, 0.2) is 54.9 Å². The third-order valence-corrected chi connectivity index (χ3v) is 9.00. The van der Waals surface area contributed by atoms with Gasteiger partial charge in [-0.1, -0.05) is 25.1 Å². The lowest BCUT2D eigenvalue weighted by molar-refractivity contribution is -0.285. The number of carbonyl (C=O) groups excluding carboxylic acids is 3. The van der Waals surface area contributed by atoms with Gasteiger partial charge in [-0.2, -0.15) is 0 Å². The SMILES string of the molecule is CC(=O)O[C@H]1CC[C@@H](C)[C@@]23C[C@@H]([C@H](O)[C@@H](OC(=O)c4ccccc4)C12COC(=O)c1cccnc1)C(C)(C)O3. The summed E-state index contributed by atoms with van der Waals surface area (Å²) >= 11 is 0. The normalized spacial score (nSPS) is 34.4. The minimum Gasteiger partial charge on any atom is -0.462 e. The summed E-state index contributed by atoms with van der Waals surface area (Å²) in [6.45, 7) is 6.88. The number of aliphatic hydroxyl groups excluding tert-OH is 1. The first kappa shape index (κ1) is 27.3. The summed E-state index contributed by atoms with van der Waals surface area (Å²) in [5, 5.41) is 11.9. The molecule has 208 valence electrons. The number of ether oxygens (including phenoxy) is 4. The number of fused-ring (bicyclic) bond motifs is 1. The lowest BCUT2D eigenvalue weighted by Crippen LogP contribution is -2.74. The van der Waals surface area contributed by atoms with Crippen LogP contribution >= 0.6 is 0 Å². The van der Waals surface area contributed by atoms with Gasteiger partial charge in [0.2, 0.25) is 0 Å². The lowest BCUT2D eigenvalue weighted by atomic mass is 9.49. The molecule has 1 aromatic heterocycles. The molecular weight excluding hydrogens is 502 g/mol. The monoisotopic (exact) mass is 537 g/mol. The van der Waals surface area contributed by atoms with E-state index in [4.69, 9.17) is 18.9 Å². The molecule has 1 spiro atoms. The van der Waals surface area contributed by atoms with E-state index in [1.165, 1.54) is 13.1 Å². The van der Waals surface area contributed by atoms with Crippen LogP contribution in [0.1, 0.15) is 67.7 Å². The summed E-state index contributed by atoms with van der Waals surface area (Å²) in [6.07, 6.45) is 1.30. The molecule has 9 nitrogen and oxygen atoms in total. The summed E-state index contributed by atoms with van der Waals surface area (Å²) in [7, 11) is 0. The Morgan fingerprint density at radius 2 is 1.74 bits per heavy atom. The van der Waals surface area contributed by atoms with Crippen molar-refractivity contribution in [3.8, 4) is 0 Å². The number of nitrogens with zero attached hydrogens (tertiary/aromatic N) is 1. The van der Waals surface area contributed by atoms with Crippen molar-refractivity contribution in [3.05, 3.63) is 66.0 Å². The molecule has 5 rings (SSSR count). The van der Waals surface area contributed by atoms with E-state index in [0.29, 0.717) is 24.8 Å². The summed E-state index contributed by atoms with van der Waals surface area (Å²) in [4.78, 5) is 43.0. The maximum Gasteiger partial charge on any atom is 0.339 e. The highest BCUT2D eigenvalue weighted by Gasteiger charge is 2.78. The van der Waals surface area contributed by atoms with Gasteiger partial charge in [-0.25, -0.2) is 9.59 Å². The van der Waals surface area contributed by atoms with Crippen LogP contribution < -0.4 is 0 Å². The fourth-order valence-electron chi connectivity index (χ4n) is 7.19. The zero-order valence-corrected chi connectivity index (χ0v) is 22.7. The molecule has 0 radical (unpaired) electrons. The average molecular weight is 538 g/mol. The Bertz CT molecular complexity index is 1230. The van der Waals surface area contributed by atoms with Crippen LogP contribution in [0.2, 0.25) is 0 Å². The molecule has 2 heterocycles. The summed E-state index contributed by atoms with van der Waals surface area (Å²) < 4.78 is 24.9. The summed E-state index contributed by atoms with van der Waals surface area (Å²) in [5.41, 5.74) is -2.60. The fourth-order valence-corrected chi connectivity index (χ4v) is 7.19. The second-order valence-corrected chi connectivity index (χ2v) is 11.5. The van der Waals surface area contributed by atoms with E-state index in [-0.39, 0.29) is 24.0 Å². The molecule has 2 bridgehead atoms. The van der Waals surface area contributed by atoms with E-state index in [1.54, 1.807) is 48.7 Å². The van der Waals surface area contributed by atoms with Gasteiger partial charge in [0.25, 0.3) is 0 Å². The highest BCUT2D eigenvalue weighted by atomic mass is 16.6. The minimum atomic E-state index is -1.37. The quantitative estimate of drug-likeness (QED) is 0.434. The number of rotatable bonds is 6. The molecule has 1 N–H and O–H groups in total. The molecule has 3 aliphatic rings. The molecule has 1 unspecified atom stereocenters. The van der Waals surface area contributed by atoms with Gasteiger partial charge in [0, 0.05) is 25.2 Å². The van der Waals surface area contributed by atoms with E-state index in [1.807, 2.05) is 20.8 Å². The Morgan fingerprint density at radius 1 is 1.03 bits per heavy atom. The fraction of sp³-hybridized carbons (Fsp3) is 0.533. The molecule has 39 heavy (non-hydrogen) atoms. The zero-order chi connectivity index (χ0) is 28.0. The predicted molar refractivity (Wildman–Crippen MR) is 139 cm³/mol. The number of aromatic nitrogens is 1.